The average molecular weight is 321 g/mol. The lowest BCUT2D eigenvalue weighted by Crippen LogP contribution is -2.26. The van der Waals surface area contributed by atoms with E-state index in [0.717, 1.165) is 25.2 Å². The van der Waals surface area contributed by atoms with Gasteiger partial charge in [-0.1, -0.05) is 0 Å². The lowest BCUT2D eigenvalue weighted by atomic mass is 10.2. The molecule has 5 nitrogen and oxygen atoms in total. The minimum Gasteiger partial charge on any atom is -0.383 e. The van der Waals surface area contributed by atoms with Gasteiger partial charge in [0.1, 0.15) is 6.61 Å². The molecule has 0 aliphatic heterocycles. The second kappa shape index (κ2) is 8.95. The molecule has 0 saturated carbocycles. The van der Waals surface area contributed by atoms with Gasteiger partial charge in [-0.25, -0.2) is 9.97 Å². The van der Waals surface area contributed by atoms with Crippen molar-refractivity contribution in [2.45, 2.75) is 26.6 Å². The van der Waals surface area contributed by atoms with Gasteiger partial charge in [-0.05, 0) is 23.9 Å². The van der Waals surface area contributed by atoms with Crippen molar-refractivity contribution >= 4 is 11.3 Å². The predicted octanol–water partition coefficient (Wildman–Crippen LogP) is 2.64. The highest BCUT2D eigenvalue weighted by molar-refractivity contribution is 7.10. The van der Waals surface area contributed by atoms with E-state index in [1.165, 1.54) is 10.4 Å². The van der Waals surface area contributed by atoms with E-state index in [4.69, 9.17) is 9.47 Å². The zero-order chi connectivity index (χ0) is 15.8. The number of methoxy groups -OCH3 is 2. The fourth-order valence-corrected chi connectivity index (χ4v) is 3.08. The Labute approximate surface area is 135 Å². The number of rotatable bonds is 9. The van der Waals surface area contributed by atoms with Gasteiger partial charge in [-0.3, -0.25) is 4.90 Å². The molecule has 2 rings (SSSR count). The highest BCUT2D eigenvalue weighted by Crippen LogP contribution is 2.18. The minimum atomic E-state index is 0.446. The van der Waals surface area contributed by atoms with Gasteiger partial charge in [0, 0.05) is 56.7 Å². The number of hydrogen-bond acceptors (Lipinski definition) is 6. The number of ether oxygens (including phenoxy) is 2. The van der Waals surface area contributed by atoms with Crippen molar-refractivity contribution in [2.24, 2.45) is 0 Å². The van der Waals surface area contributed by atoms with Crippen molar-refractivity contribution in [3.8, 4) is 0 Å². The maximum absolute atomic E-state index is 5.22. The molecule has 0 radical (unpaired) electrons. The molecule has 0 amide bonds. The van der Waals surface area contributed by atoms with Gasteiger partial charge < -0.3 is 9.47 Å². The maximum atomic E-state index is 5.22. The average Bonchev–Trinajstić information content (AvgIpc) is 2.92. The molecule has 0 aromatic carbocycles. The molecule has 0 saturated heterocycles. The summed E-state index contributed by atoms with van der Waals surface area (Å²) in [7, 11) is 3.38. The molecule has 0 spiro atoms. The van der Waals surface area contributed by atoms with E-state index in [0.29, 0.717) is 19.0 Å². The Hall–Kier alpha value is -1.34. The Kier molecular flexibility index (Phi) is 6.92. The van der Waals surface area contributed by atoms with Crippen molar-refractivity contribution in [3.63, 3.8) is 0 Å². The van der Waals surface area contributed by atoms with Gasteiger partial charge in [0.15, 0.2) is 5.82 Å². The molecule has 22 heavy (non-hydrogen) atoms. The molecule has 0 aliphatic carbocycles. The molecule has 0 atom stereocenters. The van der Waals surface area contributed by atoms with Gasteiger partial charge in [0.05, 0.1) is 6.61 Å². The number of hydrogen-bond donors (Lipinski definition) is 0. The molecular formula is C16H23N3O2S. The largest absolute Gasteiger partial charge is 0.383 e. The van der Waals surface area contributed by atoms with Crippen LogP contribution >= 0.6 is 11.3 Å². The lowest BCUT2D eigenvalue weighted by Gasteiger charge is -2.21. The summed E-state index contributed by atoms with van der Waals surface area (Å²) in [6.07, 6.45) is 3.75. The smallest absolute Gasteiger partial charge is 0.153 e. The summed E-state index contributed by atoms with van der Waals surface area (Å²) >= 11 is 1.80. The summed E-state index contributed by atoms with van der Waals surface area (Å²) < 4.78 is 10.3. The first-order chi connectivity index (χ1) is 10.7. The van der Waals surface area contributed by atoms with Crippen molar-refractivity contribution in [2.75, 3.05) is 27.4 Å². The maximum Gasteiger partial charge on any atom is 0.153 e. The predicted molar refractivity (Wildman–Crippen MR) is 87.8 cm³/mol. The number of aryl methyl sites for hydroxylation is 1. The van der Waals surface area contributed by atoms with E-state index in [1.807, 2.05) is 12.4 Å². The van der Waals surface area contributed by atoms with Crippen LogP contribution < -0.4 is 0 Å². The zero-order valence-electron chi connectivity index (χ0n) is 13.4. The third-order valence-electron chi connectivity index (χ3n) is 3.39. The van der Waals surface area contributed by atoms with E-state index >= 15 is 0 Å². The summed E-state index contributed by atoms with van der Waals surface area (Å²) in [4.78, 5) is 12.4. The zero-order valence-corrected chi connectivity index (χ0v) is 14.2. The van der Waals surface area contributed by atoms with E-state index in [2.05, 4.69) is 33.2 Å². The summed E-state index contributed by atoms with van der Waals surface area (Å²) in [5.41, 5.74) is 2.45. The van der Waals surface area contributed by atoms with Crippen LogP contribution in [-0.4, -0.2) is 42.2 Å². The van der Waals surface area contributed by atoms with Crippen LogP contribution in [0.4, 0.5) is 0 Å². The SMILES string of the molecule is COCCN(Cc1cnc(COC)nc1)Cc1sccc1C. The third kappa shape index (κ3) is 5.14. The van der Waals surface area contributed by atoms with Crippen LogP contribution in [0.1, 0.15) is 21.8 Å². The van der Waals surface area contributed by atoms with E-state index in [9.17, 15) is 0 Å². The molecule has 0 N–H and O–H groups in total. The van der Waals surface area contributed by atoms with Gasteiger partial charge in [-0.15, -0.1) is 11.3 Å². The summed E-state index contributed by atoms with van der Waals surface area (Å²) in [5, 5.41) is 2.14. The minimum absolute atomic E-state index is 0.446. The molecule has 0 aliphatic rings. The molecule has 0 unspecified atom stereocenters. The Balaban J connectivity index is 2.00. The second-order valence-electron chi connectivity index (χ2n) is 5.17. The van der Waals surface area contributed by atoms with Crippen molar-refractivity contribution < 1.29 is 9.47 Å². The van der Waals surface area contributed by atoms with Crippen LogP contribution in [0.25, 0.3) is 0 Å². The Bertz CT molecular complexity index is 557. The first kappa shape index (κ1) is 17.0. The molecule has 6 heteroatoms. The first-order valence-electron chi connectivity index (χ1n) is 7.26. The lowest BCUT2D eigenvalue weighted by molar-refractivity contribution is 0.140. The highest BCUT2D eigenvalue weighted by Gasteiger charge is 2.10. The van der Waals surface area contributed by atoms with Crippen LogP contribution in [0, 0.1) is 6.92 Å². The molecule has 2 heterocycles. The van der Waals surface area contributed by atoms with Crippen LogP contribution in [0.2, 0.25) is 0 Å². The van der Waals surface area contributed by atoms with Crippen LogP contribution in [-0.2, 0) is 29.2 Å². The Morgan fingerprint density at radius 3 is 2.50 bits per heavy atom. The molecule has 0 bridgehead atoms. The normalized spacial score (nSPS) is 11.3. The first-order valence-corrected chi connectivity index (χ1v) is 8.14. The fraction of sp³-hybridized carbons (Fsp3) is 0.500. The quantitative estimate of drug-likeness (QED) is 0.710. The summed E-state index contributed by atoms with van der Waals surface area (Å²) in [6, 6.07) is 2.16. The van der Waals surface area contributed by atoms with Crippen LogP contribution in [0.15, 0.2) is 23.8 Å². The molecule has 2 aromatic heterocycles. The van der Waals surface area contributed by atoms with Crippen molar-refractivity contribution in [3.05, 3.63) is 45.7 Å². The number of nitrogens with zero attached hydrogens (tertiary/aromatic N) is 3. The van der Waals surface area contributed by atoms with Crippen LogP contribution in [0.5, 0.6) is 0 Å². The van der Waals surface area contributed by atoms with E-state index in [1.54, 1.807) is 25.6 Å². The monoisotopic (exact) mass is 321 g/mol. The second-order valence-corrected chi connectivity index (χ2v) is 6.17. The molecule has 120 valence electrons. The van der Waals surface area contributed by atoms with Gasteiger partial charge in [0.25, 0.3) is 0 Å². The Morgan fingerprint density at radius 2 is 1.91 bits per heavy atom. The van der Waals surface area contributed by atoms with Crippen LogP contribution in [0.3, 0.4) is 0 Å². The standard InChI is InChI=1S/C16H23N3O2S/c1-13-4-7-22-15(13)11-19(5-6-20-2)10-14-8-17-16(12-21-3)18-9-14/h4,7-9H,5-6,10-12H2,1-3H3. The number of thiophene rings is 1. The topological polar surface area (TPSA) is 47.5 Å². The number of aromatic nitrogens is 2. The third-order valence-corrected chi connectivity index (χ3v) is 4.39. The van der Waals surface area contributed by atoms with Gasteiger partial charge in [-0.2, -0.15) is 0 Å². The molecule has 2 aromatic rings. The Morgan fingerprint density at radius 1 is 1.14 bits per heavy atom. The van der Waals surface area contributed by atoms with Gasteiger partial charge >= 0.3 is 0 Å². The van der Waals surface area contributed by atoms with Gasteiger partial charge in [0.2, 0.25) is 0 Å². The van der Waals surface area contributed by atoms with Crippen molar-refractivity contribution in [1.29, 1.82) is 0 Å². The fourth-order valence-electron chi connectivity index (χ4n) is 2.13. The van der Waals surface area contributed by atoms with Crippen molar-refractivity contribution in [1.82, 2.24) is 14.9 Å². The van der Waals surface area contributed by atoms with E-state index < -0.39 is 0 Å². The highest BCUT2D eigenvalue weighted by atomic mass is 32.1. The molecular weight excluding hydrogens is 298 g/mol. The summed E-state index contributed by atoms with van der Waals surface area (Å²) in [5.74, 6) is 0.712. The summed E-state index contributed by atoms with van der Waals surface area (Å²) in [6.45, 7) is 5.94. The van der Waals surface area contributed by atoms with E-state index in [-0.39, 0.29) is 0 Å². The molecule has 0 fully saturated rings.